The number of sulfonamides is 1. The third kappa shape index (κ3) is 3.15. The Morgan fingerprint density at radius 1 is 1.10 bits per heavy atom. The van der Waals surface area contributed by atoms with Crippen LogP contribution in [0.25, 0.3) is 0 Å². The number of hydrogen-bond acceptors (Lipinski definition) is 3. The first-order valence-electron chi connectivity index (χ1n) is 5.47. The van der Waals surface area contributed by atoms with Gasteiger partial charge in [-0.25, -0.2) is 17.5 Å². The molecule has 0 spiro atoms. The van der Waals surface area contributed by atoms with Crippen LogP contribution in [0.5, 0.6) is 0 Å². The summed E-state index contributed by atoms with van der Waals surface area (Å²) in [5.41, 5.74) is -0.0966. The molecule has 7 heteroatoms. The van der Waals surface area contributed by atoms with Crippen LogP contribution in [0, 0.1) is 5.82 Å². The van der Waals surface area contributed by atoms with Gasteiger partial charge in [-0.1, -0.05) is 29.8 Å². The fraction of sp³-hybridized carbons (Fsp3) is 0. The van der Waals surface area contributed by atoms with Gasteiger partial charge in [-0.15, -0.1) is 0 Å². The zero-order chi connectivity index (χ0) is 14.8. The Kier molecular flexibility index (Phi) is 4.06. The minimum Gasteiger partial charge on any atom is -0.268 e. The van der Waals surface area contributed by atoms with Crippen LogP contribution in [0.2, 0.25) is 5.02 Å². The van der Waals surface area contributed by atoms with Crippen molar-refractivity contribution >= 4 is 27.5 Å². The molecule has 0 unspecified atom stereocenters. The van der Waals surface area contributed by atoms with Crippen molar-refractivity contribution in [2.45, 2.75) is 4.90 Å². The summed E-state index contributed by atoms with van der Waals surface area (Å²) in [5, 5.41) is -0.00737. The van der Waals surface area contributed by atoms with Crippen LogP contribution in [0.4, 0.5) is 4.39 Å². The van der Waals surface area contributed by atoms with Gasteiger partial charge in [0.25, 0.3) is 15.9 Å². The van der Waals surface area contributed by atoms with Crippen LogP contribution in [0.1, 0.15) is 10.4 Å². The summed E-state index contributed by atoms with van der Waals surface area (Å²) in [6.45, 7) is 0. The maximum Gasteiger partial charge on any atom is 0.265 e. The van der Waals surface area contributed by atoms with Crippen molar-refractivity contribution in [2.75, 3.05) is 0 Å². The van der Waals surface area contributed by atoms with Gasteiger partial charge in [-0.2, -0.15) is 0 Å². The Labute approximate surface area is 120 Å². The molecule has 2 aromatic rings. The second-order valence-electron chi connectivity index (χ2n) is 3.88. The quantitative estimate of drug-likeness (QED) is 0.947. The third-order valence-corrected chi connectivity index (χ3v) is 4.27. The number of nitrogens with one attached hydrogen (secondary N) is 1. The van der Waals surface area contributed by atoms with E-state index < -0.39 is 21.7 Å². The monoisotopic (exact) mass is 313 g/mol. The first-order valence-corrected chi connectivity index (χ1v) is 7.33. The number of rotatable bonds is 3. The largest absolute Gasteiger partial charge is 0.268 e. The van der Waals surface area contributed by atoms with E-state index in [0.29, 0.717) is 0 Å². The second kappa shape index (κ2) is 5.60. The van der Waals surface area contributed by atoms with Gasteiger partial charge >= 0.3 is 0 Å². The van der Waals surface area contributed by atoms with E-state index >= 15 is 0 Å². The number of carbonyl (C=O) groups excluding carboxylic acids is 1. The smallest absolute Gasteiger partial charge is 0.265 e. The van der Waals surface area contributed by atoms with Gasteiger partial charge in [0.2, 0.25) is 0 Å². The highest BCUT2D eigenvalue weighted by Crippen LogP contribution is 2.20. The lowest BCUT2D eigenvalue weighted by atomic mass is 10.2. The van der Waals surface area contributed by atoms with E-state index in [-0.39, 0.29) is 15.5 Å². The van der Waals surface area contributed by atoms with E-state index in [1.807, 2.05) is 4.72 Å². The molecule has 0 atom stereocenters. The molecular formula is C13H9ClFNO3S. The summed E-state index contributed by atoms with van der Waals surface area (Å²) in [4.78, 5) is 11.6. The number of amides is 1. The summed E-state index contributed by atoms with van der Waals surface area (Å²) in [5.74, 6) is -1.56. The molecule has 2 aromatic carbocycles. The van der Waals surface area contributed by atoms with Crippen molar-refractivity contribution in [2.24, 2.45) is 0 Å². The molecule has 0 radical (unpaired) electrons. The molecule has 0 bridgehead atoms. The molecule has 0 aliphatic carbocycles. The summed E-state index contributed by atoms with van der Waals surface area (Å²) in [7, 11) is -4.11. The van der Waals surface area contributed by atoms with Crippen LogP contribution in [0.15, 0.2) is 53.4 Å². The predicted molar refractivity (Wildman–Crippen MR) is 72.5 cm³/mol. The molecule has 0 heterocycles. The summed E-state index contributed by atoms with van der Waals surface area (Å²) >= 11 is 5.77. The van der Waals surface area contributed by atoms with Gasteiger partial charge in [0, 0.05) is 5.56 Å². The summed E-state index contributed by atoms with van der Waals surface area (Å²) in [6.07, 6.45) is 0. The molecule has 0 fully saturated rings. The first kappa shape index (κ1) is 14.5. The fourth-order valence-corrected chi connectivity index (χ4v) is 3.02. The van der Waals surface area contributed by atoms with Crippen molar-refractivity contribution in [3.8, 4) is 0 Å². The van der Waals surface area contributed by atoms with E-state index in [2.05, 4.69) is 0 Å². The molecule has 2 rings (SSSR count). The maximum atomic E-state index is 13.0. The molecule has 0 saturated carbocycles. The standard InChI is InChI=1S/C13H9ClFNO3S/c14-11-6-1-2-7-12(11)20(18,19)16-13(17)9-4-3-5-10(15)8-9/h1-8H,(H,16,17). The third-order valence-electron chi connectivity index (χ3n) is 2.44. The zero-order valence-corrected chi connectivity index (χ0v) is 11.6. The van der Waals surface area contributed by atoms with E-state index in [9.17, 15) is 17.6 Å². The second-order valence-corrected chi connectivity index (χ2v) is 5.93. The zero-order valence-electron chi connectivity index (χ0n) is 10.0. The average Bonchev–Trinajstić information content (AvgIpc) is 2.38. The lowest BCUT2D eigenvalue weighted by molar-refractivity contribution is 0.0981. The van der Waals surface area contributed by atoms with Gasteiger partial charge in [-0.3, -0.25) is 4.79 Å². The van der Waals surface area contributed by atoms with Crippen molar-refractivity contribution in [3.05, 3.63) is 64.9 Å². The van der Waals surface area contributed by atoms with Crippen molar-refractivity contribution in [3.63, 3.8) is 0 Å². The molecule has 104 valence electrons. The highest BCUT2D eigenvalue weighted by atomic mass is 35.5. The predicted octanol–water partition coefficient (Wildman–Crippen LogP) is 2.60. The van der Waals surface area contributed by atoms with Crippen LogP contribution >= 0.6 is 11.6 Å². The minimum absolute atomic E-state index is 0.00737. The Morgan fingerprint density at radius 3 is 2.45 bits per heavy atom. The fourth-order valence-electron chi connectivity index (χ4n) is 1.53. The average molecular weight is 314 g/mol. The van der Waals surface area contributed by atoms with Crippen LogP contribution < -0.4 is 4.72 Å². The van der Waals surface area contributed by atoms with Gasteiger partial charge in [-0.05, 0) is 30.3 Å². The summed E-state index contributed by atoms with van der Waals surface area (Å²) in [6, 6.07) is 10.4. The lowest BCUT2D eigenvalue weighted by Gasteiger charge is -2.08. The number of halogens is 2. The van der Waals surface area contributed by atoms with Crippen LogP contribution in [-0.4, -0.2) is 14.3 Å². The van der Waals surface area contributed by atoms with Gasteiger partial charge < -0.3 is 0 Å². The van der Waals surface area contributed by atoms with Crippen molar-refractivity contribution in [1.82, 2.24) is 4.72 Å². The van der Waals surface area contributed by atoms with Crippen LogP contribution in [-0.2, 0) is 10.0 Å². The molecule has 4 nitrogen and oxygen atoms in total. The number of benzene rings is 2. The Morgan fingerprint density at radius 2 is 1.80 bits per heavy atom. The topological polar surface area (TPSA) is 63.2 Å². The normalized spacial score (nSPS) is 11.1. The highest BCUT2D eigenvalue weighted by Gasteiger charge is 2.21. The van der Waals surface area contributed by atoms with E-state index in [1.165, 1.54) is 30.3 Å². The number of carbonyl (C=O) groups is 1. The first-order chi connectivity index (χ1) is 9.40. The Bertz CT molecular complexity index is 762. The Hall–Kier alpha value is -1.92. The van der Waals surface area contributed by atoms with Crippen molar-refractivity contribution in [1.29, 1.82) is 0 Å². The Balaban J connectivity index is 2.30. The minimum atomic E-state index is -4.11. The maximum absolute atomic E-state index is 13.0. The molecule has 20 heavy (non-hydrogen) atoms. The molecule has 0 aromatic heterocycles. The highest BCUT2D eigenvalue weighted by molar-refractivity contribution is 7.90. The SMILES string of the molecule is O=C(NS(=O)(=O)c1ccccc1Cl)c1cccc(F)c1. The molecule has 0 saturated heterocycles. The van der Waals surface area contributed by atoms with E-state index in [0.717, 1.165) is 12.1 Å². The molecule has 0 aliphatic rings. The molecule has 1 amide bonds. The van der Waals surface area contributed by atoms with E-state index in [4.69, 9.17) is 11.6 Å². The van der Waals surface area contributed by atoms with Crippen LogP contribution in [0.3, 0.4) is 0 Å². The summed E-state index contributed by atoms with van der Waals surface area (Å²) < 4.78 is 38.9. The number of hydrogen-bond donors (Lipinski definition) is 1. The van der Waals surface area contributed by atoms with Gasteiger partial charge in [0.15, 0.2) is 0 Å². The molecule has 1 N–H and O–H groups in total. The van der Waals surface area contributed by atoms with Gasteiger partial charge in [0.05, 0.1) is 5.02 Å². The van der Waals surface area contributed by atoms with Gasteiger partial charge in [0.1, 0.15) is 10.7 Å². The van der Waals surface area contributed by atoms with E-state index in [1.54, 1.807) is 6.07 Å². The lowest BCUT2D eigenvalue weighted by Crippen LogP contribution is -2.30. The van der Waals surface area contributed by atoms with Crippen molar-refractivity contribution < 1.29 is 17.6 Å². The molecular weight excluding hydrogens is 305 g/mol. The molecule has 0 aliphatic heterocycles.